The van der Waals surface area contributed by atoms with Gasteiger partial charge in [-0.2, -0.15) is 0 Å². The molecule has 0 unspecified atom stereocenters. The Kier molecular flexibility index (Phi) is 22.3. The Bertz CT molecular complexity index is 8860. The van der Waals surface area contributed by atoms with Gasteiger partial charge in [-0.25, -0.2) is 0 Å². The summed E-state index contributed by atoms with van der Waals surface area (Å²) in [4.78, 5) is 0. The van der Waals surface area contributed by atoms with Crippen molar-refractivity contribution in [2.45, 2.75) is 119 Å². The van der Waals surface area contributed by atoms with E-state index in [1.54, 1.807) is 0 Å². The van der Waals surface area contributed by atoms with E-state index in [1.807, 2.05) is 23.5 Å². The average molecular weight is 1800 g/mol. The Hall–Kier alpha value is -15.6. The Balaban J connectivity index is 0.000000116. The van der Waals surface area contributed by atoms with Gasteiger partial charge in [0.25, 0.3) is 0 Å². The fourth-order valence-corrected chi connectivity index (χ4v) is 22.8. The highest BCUT2D eigenvalue weighted by Crippen LogP contribution is 2.49. The van der Waals surface area contributed by atoms with Crippen molar-refractivity contribution in [3.63, 3.8) is 0 Å². The molecule has 5 nitrogen and oxygen atoms in total. The van der Waals surface area contributed by atoms with E-state index in [9.17, 15) is 0 Å². The summed E-state index contributed by atoms with van der Waals surface area (Å²) in [5, 5.41) is 15.5. The smallest absolute Gasteiger partial charge is 0.135 e. The number of hydrogen-bond donors (Lipinski definition) is 0. The van der Waals surface area contributed by atoms with Crippen LogP contribution in [0.1, 0.15) is 152 Å². The van der Waals surface area contributed by atoms with Gasteiger partial charge in [0.2, 0.25) is 0 Å². The zero-order valence-electron chi connectivity index (χ0n) is 80.3. The molecule has 0 radical (unpaired) electrons. The number of rotatable bonds is 16. The first kappa shape index (κ1) is 86.5. The summed E-state index contributed by atoms with van der Waals surface area (Å²) in [5.74, 6) is 2.70. The van der Waals surface area contributed by atoms with Crippen LogP contribution in [0.3, 0.4) is 0 Å². The summed E-state index contributed by atoms with van der Waals surface area (Å²) in [6.07, 6.45) is 0. The number of nitrogens with zero attached hydrogens (tertiary/aromatic N) is 4. The maximum Gasteiger partial charge on any atom is 0.135 e. The van der Waals surface area contributed by atoms with E-state index in [0.717, 1.165) is 21.9 Å². The number of thiophene rings is 1. The summed E-state index contributed by atoms with van der Waals surface area (Å²) in [6.45, 7) is 27.5. The molecule has 6 heterocycles. The number of benzene rings is 19. The van der Waals surface area contributed by atoms with Gasteiger partial charge in [0.1, 0.15) is 11.2 Å². The van der Waals surface area contributed by atoms with E-state index >= 15 is 0 Å². The zero-order valence-corrected chi connectivity index (χ0v) is 81.1. The third-order valence-electron chi connectivity index (χ3n) is 28.8. The number of furan rings is 1. The second-order valence-corrected chi connectivity index (χ2v) is 40.4. The van der Waals surface area contributed by atoms with Gasteiger partial charge in [-0.3, -0.25) is 0 Å². The molecule has 19 aromatic carbocycles. The largest absolute Gasteiger partial charge is 0.456 e. The fraction of sp³-hybridized carbons (Fsp3) is 0.136. The second-order valence-electron chi connectivity index (χ2n) is 39.3. The molecule has 0 saturated carbocycles. The minimum absolute atomic E-state index is 0.419. The lowest BCUT2D eigenvalue weighted by Gasteiger charge is -2.16. The van der Waals surface area contributed by atoms with Crippen LogP contribution >= 0.6 is 11.3 Å². The van der Waals surface area contributed by atoms with Gasteiger partial charge in [-0.15, -0.1) is 11.3 Å². The van der Waals surface area contributed by atoms with Crippen molar-refractivity contribution in [1.82, 2.24) is 18.3 Å². The lowest BCUT2D eigenvalue weighted by molar-refractivity contribution is 0.669. The van der Waals surface area contributed by atoms with Gasteiger partial charge in [-0.1, -0.05) is 356 Å². The summed E-state index contributed by atoms with van der Waals surface area (Å²) in [5.41, 5.74) is 39.5. The van der Waals surface area contributed by atoms with E-state index in [2.05, 4.69) is 502 Å². The Labute approximate surface area is 811 Å². The van der Waals surface area contributed by atoms with E-state index in [-0.39, 0.29) is 0 Å². The highest BCUT2D eigenvalue weighted by Gasteiger charge is 2.27. The lowest BCUT2D eigenvalue weighted by Crippen LogP contribution is -1.99. The standard InChI is InChI=1S/C48H40N2.C42H35NO.C42H35NS/c1-31(2)37-21-13-25-44-47(37)48-38(32(3)4)22-14-26-45(48)50(44)42-23-10-8-19-39(42)35-16-12-15-33(29-35)34-27-28-41-40-20-9-11-24-43(40)49(46(41)30-34)36-17-6-5-7-18-36;1-26(2)28-16-19-39-35(23-28)36-24-29(27(3)4)17-20-40(36)43(39)38-14-7-5-12-33(38)32-11-9-10-30(22-32)31-18-21-42-37(25-31)34-13-6-8-15-41(34)44-42;1-26(2)28-19-21-34-35-22-20-29(27(3)4)25-39(35)43(38(34)24-28)37-16-7-5-13-32(37)30-11-9-12-31(23-30)33-15-10-18-41-42(33)36-14-6-8-17-40(36)44-41/h5-32H,1-4H3;2*5-27H,1-4H3. The number of hydrogen-bond acceptors (Lipinski definition) is 2. The minimum Gasteiger partial charge on any atom is -0.456 e. The molecule has 0 saturated heterocycles. The van der Waals surface area contributed by atoms with Gasteiger partial charge >= 0.3 is 0 Å². The molecular formula is C132H110N4OS. The van der Waals surface area contributed by atoms with Crippen LogP contribution in [0.4, 0.5) is 0 Å². The van der Waals surface area contributed by atoms with Crippen LogP contribution in [0.25, 0.3) is 219 Å². The Morgan fingerprint density at radius 1 is 0.188 bits per heavy atom. The highest BCUT2D eigenvalue weighted by atomic mass is 32.1. The van der Waals surface area contributed by atoms with Crippen molar-refractivity contribution in [3.8, 4) is 89.5 Å². The molecule has 0 spiro atoms. The molecule has 6 aromatic heterocycles. The van der Waals surface area contributed by atoms with Gasteiger partial charge in [-0.05, 0) is 258 Å². The van der Waals surface area contributed by atoms with Crippen molar-refractivity contribution in [3.05, 3.63) is 446 Å². The third kappa shape index (κ3) is 15.2. The van der Waals surface area contributed by atoms with Crippen LogP contribution in [0.5, 0.6) is 0 Å². The molecule has 0 aliphatic heterocycles. The Morgan fingerprint density at radius 3 is 1.09 bits per heavy atom. The molecule has 0 aliphatic rings. The summed E-state index contributed by atoms with van der Waals surface area (Å²) >= 11 is 1.88. The van der Waals surface area contributed by atoms with Crippen molar-refractivity contribution in [2.75, 3.05) is 0 Å². The quantitative estimate of drug-likeness (QED) is 0.0949. The fourth-order valence-electron chi connectivity index (χ4n) is 21.7. The van der Waals surface area contributed by atoms with Crippen LogP contribution < -0.4 is 0 Å². The van der Waals surface area contributed by atoms with E-state index < -0.39 is 0 Å². The predicted octanol–water partition coefficient (Wildman–Crippen LogP) is 38.5. The molecule has 25 rings (SSSR count). The van der Waals surface area contributed by atoms with Crippen molar-refractivity contribution >= 4 is 141 Å². The number of para-hydroxylation sites is 6. The first-order valence-electron chi connectivity index (χ1n) is 49.2. The van der Waals surface area contributed by atoms with E-state index in [4.69, 9.17) is 4.42 Å². The molecular weight excluding hydrogens is 1690 g/mol. The zero-order chi connectivity index (χ0) is 93.8. The molecule has 138 heavy (non-hydrogen) atoms. The molecule has 0 fully saturated rings. The Morgan fingerprint density at radius 2 is 0.543 bits per heavy atom. The maximum absolute atomic E-state index is 6.10. The van der Waals surface area contributed by atoms with Crippen LogP contribution in [0.15, 0.2) is 417 Å². The minimum atomic E-state index is 0.419. The second kappa shape index (κ2) is 35.6. The first-order chi connectivity index (χ1) is 67.4. The monoisotopic (exact) mass is 1800 g/mol. The van der Waals surface area contributed by atoms with Crippen LogP contribution in [0, 0.1) is 0 Å². The van der Waals surface area contributed by atoms with Gasteiger partial charge < -0.3 is 22.7 Å². The maximum atomic E-state index is 6.10. The van der Waals surface area contributed by atoms with Crippen LogP contribution in [-0.2, 0) is 0 Å². The molecule has 0 amide bonds. The van der Waals surface area contributed by atoms with Crippen molar-refractivity contribution < 1.29 is 4.42 Å². The molecule has 6 heteroatoms. The van der Waals surface area contributed by atoms with Gasteiger partial charge in [0, 0.05) is 96.4 Å². The van der Waals surface area contributed by atoms with Crippen LogP contribution in [0.2, 0.25) is 0 Å². The number of aromatic nitrogens is 4. The third-order valence-corrected chi connectivity index (χ3v) is 30.0. The van der Waals surface area contributed by atoms with Gasteiger partial charge in [0.15, 0.2) is 0 Å². The normalized spacial score (nSPS) is 12.0. The van der Waals surface area contributed by atoms with Crippen molar-refractivity contribution in [1.29, 1.82) is 0 Å². The number of fused-ring (bicyclic) bond motifs is 18. The highest BCUT2D eigenvalue weighted by molar-refractivity contribution is 7.26. The molecule has 0 N–H and O–H groups in total. The molecule has 670 valence electrons. The van der Waals surface area contributed by atoms with Gasteiger partial charge in [0.05, 0.1) is 61.2 Å². The molecule has 25 aromatic rings. The summed E-state index contributed by atoms with van der Waals surface area (Å²) < 4.78 is 18.7. The molecule has 0 atom stereocenters. The molecule has 0 bridgehead atoms. The first-order valence-corrected chi connectivity index (χ1v) is 50.0. The predicted molar refractivity (Wildman–Crippen MR) is 594 cm³/mol. The summed E-state index contributed by atoms with van der Waals surface area (Å²) in [7, 11) is 0. The topological polar surface area (TPSA) is 32.9 Å². The van der Waals surface area contributed by atoms with Crippen LogP contribution in [-0.4, -0.2) is 18.3 Å². The van der Waals surface area contributed by atoms with Crippen molar-refractivity contribution in [2.24, 2.45) is 0 Å². The molecule has 0 aliphatic carbocycles. The summed E-state index contributed by atoms with van der Waals surface area (Å²) in [6, 6.07) is 152. The SMILES string of the molecule is CC(C)c1ccc2c(c1)c1cc(C(C)C)ccc1n2-c1ccccc1-c1cccc(-c2ccc3oc4ccccc4c3c2)c1.CC(C)c1ccc2c3ccc(C(C)C)cc3n(-c3ccccc3-c3cccc(-c4cccc5sc6ccccc6c45)c3)c2c1.CC(C)c1cccc2c1c1c(C(C)C)cccc1n2-c1ccccc1-c1cccc(-c2ccc3c4ccccc4n(-c4ccccc4)c3c2)c1. The van der Waals surface area contributed by atoms with E-state index in [1.165, 1.54) is 230 Å². The lowest BCUT2D eigenvalue weighted by atomic mass is 9.92. The van der Waals surface area contributed by atoms with E-state index in [0.29, 0.717) is 35.5 Å². The average Bonchev–Trinajstić information content (AvgIpc) is 1.57.